The van der Waals surface area contributed by atoms with Crippen molar-refractivity contribution in [2.24, 2.45) is 0 Å². The Labute approximate surface area is 165 Å². The summed E-state index contributed by atoms with van der Waals surface area (Å²) in [5.74, 6) is -1.35. The Morgan fingerprint density at radius 1 is 1.04 bits per heavy atom. The van der Waals surface area contributed by atoms with Crippen LogP contribution in [0.1, 0.15) is 26.5 Å². The number of aromatic carboxylic acids is 1. The number of carboxylic acid groups (broad SMARTS) is 1. The Hall–Kier alpha value is -2.96. The number of rotatable bonds is 7. The third-order valence-corrected chi connectivity index (χ3v) is 5.62. The second-order valence-electron chi connectivity index (χ2n) is 6.51. The topological polar surface area (TPSA) is 54.3 Å². The smallest absolute Gasteiger partial charge is 0.352 e. The molecule has 0 aliphatic carbocycles. The molecule has 2 heterocycles. The van der Waals surface area contributed by atoms with E-state index in [9.17, 15) is 14.3 Å². The van der Waals surface area contributed by atoms with Crippen molar-refractivity contribution in [3.05, 3.63) is 93.6 Å². The highest BCUT2D eigenvalue weighted by atomic mass is 32.1. The van der Waals surface area contributed by atoms with E-state index in [1.165, 1.54) is 10.9 Å². The zero-order valence-corrected chi connectivity index (χ0v) is 15.9. The number of halogens is 1. The molecule has 0 radical (unpaired) electrons. The first-order valence-electron chi connectivity index (χ1n) is 8.95. The average Bonchev–Trinajstić information content (AvgIpc) is 3.31. The molecule has 2 aromatic heterocycles. The van der Waals surface area contributed by atoms with Crippen molar-refractivity contribution in [3.8, 4) is 0 Å². The van der Waals surface area contributed by atoms with E-state index < -0.39 is 5.97 Å². The fraction of sp³-hybridized carbons (Fsp3) is 0.136. The van der Waals surface area contributed by atoms with Gasteiger partial charge in [-0.3, -0.25) is 0 Å². The Morgan fingerprint density at radius 2 is 1.82 bits per heavy atom. The molecule has 0 amide bonds. The Balaban J connectivity index is 1.75. The van der Waals surface area contributed by atoms with Crippen molar-refractivity contribution in [2.45, 2.75) is 19.6 Å². The summed E-state index contributed by atoms with van der Waals surface area (Å²) >= 11 is 1.66. The highest BCUT2D eigenvalue weighted by Gasteiger charge is 2.22. The molecule has 0 fully saturated rings. The summed E-state index contributed by atoms with van der Waals surface area (Å²) in [4.78, 5) is 13.3. The molecule has 28 heavy (non-hydrogen) atoms. The lowest BCUT2D eigenvalue weighted by Crippen LogP contribution is -2.17. The quantitative estimate of drug-likeness (QED) is 0.470. The molecular weight excluding hydrogens is 375 g/mol. The van der Waals surface area contributed by atoms with E-state index in [1.54, 1.807) is 34.1 Å². The van der Waals surface area contributed by atoms with Crippen molar-refractivity contribution in [2.75, 3.05) is 0 Å². The number of hydrogen-bond acceptors (Lipinski definition) is 3. The van der Waals surface area contributed by atoms with E-state index in [2.05, 4.69) is 5.32 Å². The van der Waals surface area contributed by atoms with Crippen molar-refractivity contribution in [3.63, 3.8) is 0 Å². The van der Waals surface area contributed by atoms with E-state index in [1.807, 2.05) is 41.8 Å². The molecule has 0 aliphatic heterocycles. The fourth-order valence-corrected chi connectivity index (χ4v) is 4.16. The first kappa shape index (κ1) is 18.4. The third kappa shape index (κ3) is 3.56. The minimum absolute atomic E-state index is 0.166. The van der Waals surface area contributed by atoms with Gasteiger partial charge in [-0.05, 0) is 23.6 Å². The standard InChI is InChI=1S/C22H19FN2O2S/c23-19-9-3-1-6-15(19)14-25-20-10-4-2-8-17(20)18(21(25)22(26)27)13-24-12-16-7-5-11-28-16/h1-11,24H,12-14H2,(H,26,27). The summed E-state index contributed by atoms with van der Waals surface area (Å²) in [6.07, 6.45) is 0. The van der Waals surface area contributed by atoms with Gasteiger partial charge in [0.1, 0.15) is 11.5 Å². The van der Waals surface area contributed by atoms with Crippen LogP contribution in [0.4, 0.5) is 4.39 Å². The molecular formula is C22H19FN2O2S. The molecule has 0 bridgehead atoms. The molecule has 4 aromatic rings. The van der Waals surface area contributed by atoms with Gasteiger partial charge >= 0.3 is 5.97 Å². The summed E-state index contributed by atoms with van der Waals surface area (Å²) in [6, 6.07) is 18.1. The number of carboxylic acids is 1. The summed E-state index contributed by atoms with van der Waals surface area (Å²) in [7, 11) is 0. The largest absolute Gasteiger partial charge is 0.477 e. The lowest BCUT2D eigenvalue weighted by Gasteiger charge is -2.10. The van der Waals surface area contributed by atoms with Crippen LogP contribution in [-0.2, 0) is 19.6 Å². The minimum Gasteiger partial charge on any atom is -0.477 e. The van der Waals surface area contributed by atoms with Crippen LogP contribution in [0.3, 0.4) is 0 Å². The van der Waals surface area contributed by atoms with Crippen molar-refractivity contribution >= 4 is 28.2 Å². The van der Waals surface area contributed by atoms with E-state index in [-0.39, 0.29) is 18.1 Å². The van der Waals surface area contributed by atoms with Gasteiger partial charge < -0.3 is 15.0 Å². The van der Waals surface area contributed by atoms with E-state index in [4.69, 9.17) is 0 Å². The zero-order valence-electron chi connectivity index (χ0n) is 15.1. The van der Waals surface area contributed by atoms with Crippen molar-refractivity contribution in [1.82, 2.24) is 9.88 Å². The van der Waals surface area contributed by atoms with Crippen LogP contribution in [0.25, 0.3) is 10.9 Å². The van der Waals surface area contributed by atoms with Gasteiger partial charge in [0.25, 0.3) is 0 Å². The molecule has 0 unspecified atom stereocenters. The normalized spacial score (nSPS) is 11.2. The Kier molecular flexibility index (Phi) is 5.23. The molecule has 0 atom stereocenters. The van der Waals surface area contributed by atoms with E-state index in [0.717, 1.165) is 16.5 Å². The lowest BCUT2D eigenvalue weighted by atomic mass is 10.1. The van der Waals surface area contributed by atoms with Crippen molar-refractivity contribution in [1.29, 1.82) is 0 Å². The molecule has 4 nitrogen and oxygen atoms in total. The summed E-state index contributed by atoms with van der Waals surface area (Å²) in [5.41, 5.74) is 2.17. The fourth-order valence-electron chi connectivity index (χ4n) is 3.48. The number of fused-ring (bicyclic) bond motifs is 1. The maximum atomic E-state index is 14.2. The lowest BCUT2D eigenvalue weighted by molar-refractivity contribution is 0.0684. The van der Waals surface area contributed by atoms with Crippen LogP contribution in [0.5, 0.6) is 0 Å². The molecule has 0 aliphatic rings. The Morgan fingerprint density at radius 3 is 2.57 bits per heavy atom. The zero-order chi connectivity index (χ0) is 19.5. The first-order valence-corrected chi connectivity index (χ1v) is 9.83. The first-order chi connectivity index (χ1) is 13.6. The van der Waals surface area contributed by atoms with Gasteiger partial charge in [-0.15, -0.1) is 11.3 Å². The summed E-state index contributed by atoms with van der Waals surface area (Å²) < 4.78 is 15.9. The highest BCUT2D eigenvalue weighted by molar-refractivity contribution is 7.09. The molecule has 0 saturated heterocycles. The van der Waals surface area contributed by atoms with Gasteiger partial charge in [0.15, 0.2) is 0 Å². The van der Waals surface area contributed by atoms with Crippen LogP contribution in [-0.4, -0.2) is 15.6 Å². The van der Waals surface area contributed by atoms with Crippen LogP contribution < -0.4 is 5.32 Å². The van der Waals surface area contributed by atoms with Gasteiger partial charge in [0.05, 0.1) is 6.54 Å². The summed E-state index contributed by atoms with van der Waals surface area (Å²) in [6.45, 7) is 1.26. The number of aromatic nitrogens is 1. The van der Waals surface area contributed by atoms with Gasteiger partial charge in [0.2, 0.25) is 0 Å². The van der Waals surface area contributed by atoms with Crippen LogP contribution in [0.2, 0.25) is 0 Å². The number of carbonyl (C=O) groups is 1. The van der Waals surface area contributed by atoms with Crippen LogP contribution in [0, 0.1) is 5.82 Å². The molecule has 2 aromatic carbocycles. The SMILES string of the molecule is O=C(O)c1c(CNCc2cccs2)c2ccccc2n1Cc1ccccc1F. The van der Waals surface area contributed by atoms with Gasteiger partial charge in [-0.25, -0.2) is 9.18 Å². The predicted octanol–water partition coefficient (Wildman–Crippen LogP) is 4.88. The number of thiophene rings is 1. The van der Waals surface area contributed by atoms with Crippen LogP contribution in [0.15, 0.2) is 66.0 Å². The van der Waals surface area contributed by atoms with Gasteiger partial charge in [0, 0.05) is 40.0 Å². The number of benzene rings is 2. The second kappa shape index (κ2) is 7.96. The highest BCUT2D eigenvalue weighted by Crippen LogP contribution is 2.28. The number of nitrogens with one attached hydrogen (secondary N) is 1. The minimum atomic E-state index is -1.01. The monoisotopic (exact) mass is 394 g/mol. The molecule has 142 valence electrons. The molecule has 2 N–H and O–H groups in total. The van der Waals surface area contributed by atoms with Gasteiger partial charge in [-0.1, -0.05) is 42.5 Å². The van der Waals surface area contributed by atoms with Gasteiger partial charge in [-0.2, -0.15) is 0 Å². The molecule has 0 spiro atoms. The molecule has 6 heteroatoms. The predicted molar refractivity (Wildman–Crippen MR) is 109 cm³/mol. The third-order valence-electron chi connectivity index (χ3n) is 4.75. The maximum absolute atomic E-state index is 14.2. The molecule has 0 saturated carbocycles. The van der Waals surface area contributed by atoms with Crippen LogP contribution >= 0.6 is 11.3 Å². The van der Waals surface area contributed by atoms with E-state index in [0.29, 0.717) is 18.7 Å². The number of hydrogen-bond donors (Lipinski definition) is 2. The average molecular weight is 394 g/mol. The van der Waals surface area contributed by atoms with E-state index >= 15 is 0 Å². The summed E-state index contributed by atoms with van der Waals surface area (Å²) in [5, 5.41) is 16.2. The maximum Gasteiger partial charge on any atom is 0.352 e. The second-order valence-corrected chi connectivity index (χ2v) is 7.54. The number of para-hydroxylation sites is 1. The van der Waals surface area contributed by atoms with Crippen molar-refractivity contribution < 1.29 is 14.3 Å². The number of nitrogens with zero attached hydrogens (tertiary/aromatic N) is 1. The Bertz CT molecular complexity index is 1120. The molecule has 4 rings (SSSR count).